The predicted molar refractivity (Wildman–Crippen MR) is 70.4 cm³/mol. The third-order valence-corrected chi connectivity index (χ3v) is 3.02. The van der Waals surface area contributed by atoms with E-state index in [1.54, 1.807) is 0 Å². The number of benzene rings is 1. The van der Waals surface area contributed by atoms with E-state index in [-0.39, 0.29) is 6.04 Å². The van der Waals surface area contributed by atoms with E-state index >= 15 is 0 Å². The van der Waals surface area contributed by atoms with Crippen LogP contribution in [0.2, 0.25) is 5.02 Å². The fourth-order valence-electron chi connectivity index (χ4n) is 1.89. The quantitative estimate of drug-likeness (QED) is 0.893. The maximum Gasteiger partial charge on any atom is 0.121 e. The van der Waals surface area contributed by atoms with Crippen LogP contribution in [0, 0.1) is 6.92 Å². The van der Waals surface area contributed by atoms with Crippen LogP contribution in [-0.4, -0.2) is 7.05 Å². The molecule has 3 heteroatoms. The number of hydrogen-bond donors (Lipinski definition) is 1. The Morgan fingerprint density at radius 2 is 2.12 bits per heavy atom. The van der Waals surface area contributed by atoms with Crippen LogP contribution in [-0.2, 0) is 6.42 Å². The van der Waals surface area contributed by atoms with Crippen molar-refractivity contribution >= 4 is 11.6 Å². The average molecular weight is 250 g/mol. The van der Waals surface area contributed by atoms with Gasteiger partial charge in [0.15, 0.2) is 0 Å². The molecule has 90 valence electrons. The summed E-state index contributed by atoms with van der Waals surface area (Å²) in [6.45, 7) is 1.95. The minimum absolute atomic E-state index is 0.183. The molecule has 0 aliphatic heterocycles. The molecule has 0 bridgehead atoms. The van der Waals surface area contributed by atoms with Crippen molar-refractivity contribution in [3.63, 3.8) is 0 Å². The Kier molecular flexibility index (Phi) is 3.87. The summed E-state index contributed by atoms with van der Waals surface area (Å²) in [5.74, 6) is 1.90. The molecular weight excluding hydrogens is 234 g/mol. The molecule has 0 fully saturated rings. The summed E-state index contributed by atoms with van der Waals surface area (Å²) in [4.78, 5) is 0. The van der Waals surface area contributed by atoms with Gasteiger partial charge in [-0.25, -0.2) is 0 Å². The second-order valence-corrected chi connectivity index (χ2v) is 4.56. The highest BCUT2D eigenvalue weighted by Crippen LogP contribution is 2.21. The molecule has 1 aromatic carbocycles. The van der Waals surface area contributed by atoms with E-state index in [9.17, 15) is 0 Å². The molecule has 2 rings (SSSR count). The second kappa shape index (κ2) is 5.39. The van der Waals surface area contributed by atoms with Gasteiger partial charge < -0.3 is 9.73 Å². The molecule has 0 aliphatic carbocycles. The lowest BCUT2D eigenvalue weighted by Crippen LogP contribution is -2.18. The van der Waals surface area contributed by atoms with E-state index in [0.717, 1.165) is 23.0 Å². The van der Waals surface area contributed by atoms with Crippen LogP contribution in [0.3, 0.4) is 0 Å². The molecule has 0 spiro atoms. The second-order valence-electron chi connectivity index (χ2n) is 4.12. The molecule has 0 radical (unpaired) electrons. The fourth-order valence-corrected chi connectivity index (χ4v) is 2.10. The van der Waals surface area contributed by atoms with Gasteiger partial charge in [-0.3, -0.25) is 0 Å². The zero-order valence-corrected chi connectivity index (χ0v) is 10.8. The van der Waals surface area contributed by atoms with E-state index in [1.807, 2.05) is 44.3 Å². The molecule has 1 heterocycles. The molecular formula is C14H16ClNO. The van der Waals surface area contributed by atoms with Gasteiger partial charge in [-0.15, -0.1) is 0 Å². The summed E-state index contributed by atoms with van der Waals surface area (Å²) >= 11 is 5.98. The first-order chi connectivity index (χ1) is 8.19. The molecule has 1 aromatic heterocycles. The van der Waals surface area contributed by atoms with E-state index in [0.29, 0.717) is 0 Å². The van der Waals surface area contributed by atoms with Crippen LogP contribution in [0.25, 0.3) is 0 Å². The van der Waals surface area contributed by atoms with Crippen LogP contribution in [0.5, 0.6) is 0 Å². The van der Waals surface area contributed by atoms with Crippen molar-refractivity contribution < 1.29 is 4.42 Å². The molecule has 1 N–H and O–H groups in total. The zero-order chi connectivity index (χ0) is 12.3. The van der Waals surface area contributed by atoms with Gasteiger partial charge in [0.25, 0.3) is 0 Å². The highest BCUT2D eigenvalue weighted by atomic mass is 35.5. The van der Waals surface area contributed by atoms with Crippen LogP contribution < -0.4 is 5.32 Å². The monoisotopic (exact) mass is 249 g/mol. The number of hydrogen-bond acceptors (Lipinski definition) is 2. The minimum atomic E-state index is 0.183. The van der Waals surface area contributed by atoms with Crippen LogP contribution in [0.4, 0.5) is 0 Å². The lowest BCUT2D eigenvalue weighted by molar-refractivity contribution is 0.414. The Bertz CT molecular complexity index is 492. The van der Waals surface area contributed by atoms with Gasteiger partial charge in [-0.2, -0.15) is 0 Å². The molecule has 0 saturated carbocycles. The summed E-state index contributed by atoms with van der Waals surface area (Å²) < 4.78 is 5.64. The van der Waals surface area contributed by atoms with E-state index in [1.165, 1.54) is 5.56 Å². The highest BCUT2D eigenvalue weighted by Gasteiger charge is 2.13. The Balaban J connectivity index is 2.15. The van der Waals surface area contributed by atoms with Gasteiger partial charge in [0.2, 0.25) is 0 Å². The normalized spacial score (nSPS) is 12.6. The number of halogens is 1. The number of rotatable bonds is 4. The van der Waals surface area contributed by atoms with Crippen molar-refractivity contribution in [3.05, 3.63) is 58.5 Å². The van der Waals surface area contributed by atoms with Crippen LogP contribution in [0.15, 0.2) is 40.8 Å². The highest BCUT2D eigenvalue weighted by molar-refractivity contribution is 6.30. The lowest BCUT2D eigenvalue weighted by atomic mass is 10.0. The lowest BCUT2D eigenvalue weighted by Gasteiger charge is -2.13. The van der Waals surface area contributed by atoms with Crippen molar-refractivity contribution in [1.29, 1.82) is 0 Å². The van der Waals surface area contributed by atoms with Crippen molar-refractivity contribution in [3.8, 4) is 0 Å². The van der Waals surface area contributed by atoms with Crippen molar-refractivity contribution in [2.24, 2.45) is 0 Å². The third-order valence-electron chi connectivity index (χ3n) is 2.78. The fraction of sp³-hybridized carbons (Fsp3) is 0.286. The summed E-state index contributed by atoms with van der Waals surface area (Å²) in [6.07, 6.45) is 0.865. The summed E-state index contributed by atoms with van der Waals surface area (Å²) in [7, 11) is 1.94. The zero-order valence-electron chi connectivity index (χ0n) is 10.0. The summed E-state index contributed by atoms with van der Waals surface area (Å²) in [5.41, 5.74) is 1.20. The van der Waals surface area contributed by atoms with Gasteiger partial charge in [-0.05, 0) is 50.2 Å². The molecule has 0 amide bonds. The van der Waals surface area contributed by atoms with Crippen molar-refractivity contribution in [2.45, 2.75) is 19.4 Å². The minimum Gasteiger partial charge on any atom is -0.465 e. The van der Waals surface area contributed by atoms with E-state index < -0.39 is 0 Å². The summed E-state index contributed by atoms with van der Waals surface area (Å²) in [5, 5.41) is 4.03. The van der Waals surface area contributed by atoms with Gasteiger partial charge >= 0.3 is 0 Å². The van der Waals surface area contributed by atoms with Gasteiger partial charge in [-0.1, -0.05) is 23.7 Å². The van der Waals surface area contributed by atoms with Gasteiger partial charge in [0, 0.05) is 5.02 Å². The topological polar surface area (TPSA) is 25.2 Å². The van der Waals surface area contributed by atoms with E-state index in [2.05, 4.69) is 11.4 Å². The van der Waals surface area contributed by atoms with Crippen molar-refractivity contribution in [1.82, 2.24) is 5.32 Å². The Labute approximate surface area is 107 Å². The average Bonchev–Trinajstić information content (AvgIpc) is 2.73. The molecule has 1 atom stereocenters. The number of likely N-dealkylation sites (N-methyl/N-ethyl adjacent to an activating group) is 1. The smallest absolute Gasteiger partial charge is 0.121 e. The largest absolute Gasteiger partial charge is 0.465 e. The van der Waals surface area contributed by atoms with Crippen molar-refractivity contribution in [2.75, 3.05) is 7.05 Å². The Hall–Kier alpha value is -1.25. The number of furan rings is 1. The maximum absolute atomic E-state index is 5.98. The molecule has 17 heavy (non-hydrogen) atoms. The first-order valence-corrected chi connectivity index (χ1v) is 6.05. The standard InChI is InChI=1S/C14H16ClNO/c1-10-6-7-14(17-10)13(16-2)9-11-4-3-5-12(15)8-11/h3-8,13,16H,9H2,1-2H3. The molecule has 2 nitrogen and oxygen atoms in total. The van der Waals surface area contributed by atoms with Crippen LogP contribution >= 0.6 is 11.6 Å². The first kappa shape index (κ1) is 12.2. The molecule has 2 aromatic rings. The SMILES string of the molecule is CNC(Cc1cccc(Cl)c1)c1ccc(C)o1. The van der Waals surface area contributed by atoms with Gasteiger partial charge in [0.1, 0.15) is 11.5 Å². The first-order valence-electron chi connectivity index (χ1n) is 5.67. The summed E-state index contributed by atoms with van der Waals surface area (Å²) in [6, 6.07) is 12.1. The predicted octanol–water partition coefficient (Wildman–Crippen LogP) is 3.74. The maximum atomic E-state index is 5.98. The van der Waals surface area contributed by atoms with Gasteiger partial charge in [0.05, 0.1) is 6.04 Å². The molecule has 0 aliphatic rings. The Morgan fingerprint density at radius 3 is 2.71 bits per heavy atom. The number of nitrogens with one attached hydrogen (secondary N) is 1. The number of aryl methyl sites for hydroxylation is 1. The molecule has 1 unspecified atom stereocenters. The third kappa shape index (κ3) is 3.11. The molecule has 0 saturated heterocycles. The van der Waals surface area contributed by atoms with Crippen LogP contribution in [0.1, 0.15) is 23.1 Å². The Morgan fingerprint density at radius 1 is 1.29 bits per heavy atom. The van der Waals surface area contributed by atoms with E-state index in [4.69, 9.17) is 16.0 Å².